The van der Waals surface area contributed by atoms with Crippen LogP contribution < -0.4 is 11.4 Å². The summed E-state index contributed by atoms with van der Waals surface area (Å²) in [6.45, 7) is 0. The van der Waals surface area contributed by atoms with Crippen LogP contribution in [0, 0.1) is 11.6 Å². The number of aromatic nitrogens is 5. The predicted octanol–water partition coefficient (Wildman–Crippen LogP) is 4.64. The molecule has 40 heavy (non-hydrogen) atoms. The first-order chi connectivity index (χ1) is 18.8. The van der Waals surface area contributed by atoms with Crippen molar-refractivity contribution in [3.05, 3.63) is 70.9 Å². The number of carboxylic acid groups (broad SMARTS) is 1. The molecule has 0 aliphatic heterocycles. The predicted molar refractivity (Wildman–Crippen MR) is 136 cm³/mol. The van der Waals surface area contributed by atoms with Crippen LogP contribution in [0.15, 0.2) is 53.6 Å². The van der Waals surface area contributed by atoms with Crippen LogP contribution in [0.2, 0.25) is 0 Å². The van der Waals surface area contributed by atoms with Crippen molar-refractivity contribution in [2.75, 3.05) is 0 Å². The van der Waals surface area contributed by atoms with Crippen molar-refractivity contribution in [1.82, 2.24) is 23.9 Å². The molecule has 1 aliphatic rings. The third-order valence-electron chi connectivity index (χ3n) is 6.96. The summed E-state index contributed by atoms with van der Waals surface area (Å²) in [5.41, 5.74) is 8.45. The Balaban J connectivity index is 0.000000411. The molecule has 5 aromatic rings. The molecule has 14 heteroatoms. The molecule has 9 nitrogen and oxygen atoms in total. The second-order valence-electron chi connectivity index (χ2n) is 9.62. The molecule has 0 radical (unpaired) electrons. The van der Waals surface area contributed by atoms with E-state index in [1.807, 2.05) is 24.0 Å². The topological polar surface area (TPSA) is 124 Å². The monoisotopic (exact) mass is 562 g/mol. The highest BCUT2D eigenvalue weighted by atomic mass is 19.4. The fourth-order valence-electron chi connectivity index (χ4n) is 5.18. The number of aryl methyl sites for hydroxylation is 1. The van der Waals surface area contributed by atoms with Gasteiger partial charge < -0.3 is 20.0 Å². The summed E-state index contributed by atoms with van der Waals surface area (Å²) in [7, 11) is 1.85. The number of rotatable bonds is 3. The highest BCUT2D eigenvalue weighted by Gasteiger charge is 2.38. The lowest BCUT2D eigenvalue weighted by Gasteiger charge is -2.13. The molecule has 3 heterocycles. The van der Waals surface area contributed by atoms with Gasteiger partial charge in [0.2, 0.25) is 0 Å². The van der Waals surface area contributed by atoms with E-state index in [9.17, 15) is 26.7 Å². The Bertz CT molecular complexity index is 1800. The van der Waals surface area contributed by atoms with Crippen molar-refractivity contribution in [2.45, 2.75) is 37.5 Å². The van der Waals surface area contributed by atoms with Gasteiger partial charge in [0, 0.05) is 53.4 Å². The van der Waals surface area contributed by atoms with Gasteiger partial charge in [-0.3, -0.25) is 0 Å². The van der Waals surface area contributed by atoms with E-state index >= 15 is 0 Å². The largest absolute Gasteiger partial charge is 0.490 e. The van der Waals surface area contributed by atoms with Crippen LogP contribution in [0.25, 0.3) is 38.9 Å². The summed E-state index contributed by atoms with van der Waals surface area (Å²) in [5, 5.41) is 15.2. The lowest BCUT2D eigenvalue weighted by molar-refractivity contribution is -0.192. The van der Waals surface area contributed by atoms with Gasteiger partial charge in [-0.05, 0) is 55.7 Å². The smallest absolute Gasteiger partial charge is 0.475 e. The number of hydrogen-bond donors (Lipinski definition) is 3. The molecule has 1 aliphatic carbocycles. The maximum Gasteiger partial charge on any atom is 0.490 e. The minimum Gasteiger partial charge on any atom is -0.475 e. The van der Waals surface area contributed by atoms with E-state index < -0.39 is 23.7 Å². The lowest BCUT2D eigenvalue weighted by Crippen LogP contribution is -2.21. The normalized spacial score (nSPS) is 17.4. The van der Waals surface area contributed by atoms with Crippen LogP contribution in [0.1, 0.15) is 25.3 Å². The van der Waals surface area contributed by atoms with Gasteiger partial charge in [-0.1, -0.05) is 0 Å². The van der Waals surface area contributed by atoms with Crippen LogP contribution in [0.4, 0.5) is 22.0 Å². The van der Waals surface area contributed by atoms with Gasteiger partial charge in [0.15, 0.2) is 5.82 Å². The van der Waals surface area contributed by atoms with E-state index in [0.29, 0.717) is 27.8 Å². The third-order valence-corrected chi connectivity index (χ3v) is 6.96. The van der Waals surface area contributed by atoms with Crippen molar-refractivity contribution < 1.29 is 31.9 Å². The van der Waals surface area contributed by atoms with Crippen molar-refractivity contribution >= 4 is 27.8 Å². The average molecular weight is 562 g/mol. The molecular formula is C26H23F5N6O3. The summed E-state index contributed by atoms with van der Waals surface area (Å²) in [6, 6.07) is 9.38. The van der Waals surface area contributed by atoms with E-state index in [4.69, 9.17) is 15.6 Å². The molecule has 1 fully saturated rings. The zero-order valence-electron chi connectivity index (χ0n) is 20.9. The number of halogens is 5. The van der Waals surface area contributed by atoms with Crippen LogP contribution in [0.3, 0.4) is 0 Å². The SMILES string of the molecule is Cn1cc(-c2n[nH]c(=O)n2-c2cn([C@H]3CC[C@@H](N)C3)c3ccc(F)cc23)c2cc(F)ccc21.O=C(O)C(F)(F)F. The fourth-order valence-corrected chi connectivity index (χ4v) is 5.18. The van der Waals surface area contributed by atoms with Gasteiger partial charge in [-0.25, -0.2) is 28.0 Å². The number of fused-ring (bicyclic) bond motifs is 2. The van der Waals surface area contributed by atoms with E-state index in [2.05, 4.69) is 14.8 Å². The highest BCUT2D eigenvalue weighted by Crippen LogP contribution is 2.37. The van der Waals surface area contributed by atoms with E-state index in [-0.39, 0.29) is 17.9 Å². The van der Waals surface area contributed by atoms with E-state index in [0.717, 1.165) is 30.3 Å². The first-order valence-electron chi connectivity index (χ1n) is 12.1. The van der Waals surface area contributed by atoms with E-state index in [1.165, 1.54) is 28.8 Å². The Morgan fingerprint density at radius 3 is 2.27 bits per heavy atom. The molecule has 6 rings (SSSR count). The number of benzene rings is 2. The molecular weight excluding hydrogens is 539 g/mol. The Hall–Kier alpha value is -4.46. The number of nitrogens with zero attached hydrogens (tertiary/aromatic N) is 4. The molecule has 0 spiro atoms. The Morgan fingerprint density at radius 2 is 1.68 bits per heavy atom. The second-order valence-corrected chi connectivity index (χ2v) is 9.62. The summed E-state index contributed by atoms with van der Waals surface area (Å²) < 4.78 is 65.5. The lowest BCUT2D eigenvalue weighted by atomic mass is 10.1. The molecule has 2 aromatic carbocycles. The number of carbonyl (C=O) groups is 1. The van der Waals surface area contributed by atoms with Crippen LogP contribution in [-0.4, -0.2) is 47.2 Å². The number of aromatic amines is 1. The van der Waals surface area contributed by atoms with Gasteiger partial charge in [0.05, 0.1) is 11.2 Å². The zero-order valence-corrected chi connectivity index (χ0v) is 20.9. The fraction of sp³-hybridized carbons (Fsp3) is 0.269. The summed E-state index contributed by atoms with van der Waals surface area (Å²) in [5.74, 6) is -3.19. The van der Waals surface area contributed by atoms with Gasteiger partial charge in [-0.15, -0.1) is 0 Å². The molecule has 1 saturated carbocycles. The number of alkyl halides is 3. The second kappa shape index (κ2) is 9.93. The quantitative estimate of drug-likeness (QED) is 0.277. The van der Waals surface area contributed by atoms with Crippen molar-refractivity contribution in [2.24, 2.45) is 12.8 Å². The number of H-pyrrole nitrogens is 1. The number of nitrogens with one attached hydrogen (secondary N) is 1. The molecule has 0 saturated heterocycles. The minimum absolute atomic E-state index is 0.120. The average Bonchev–Trinajstić information content (AvgIpc) is 3.63. The maximum atomic E-state index is 14.3. The molecule has 0 unspecified atom stereocenters. The first-order valence-corrected chi connectivity index (χ1v) is 12.1. The maximum absolute atomic E-state index is 14.3. The van der Waals surface area contributed by atoms with Gasteiger partial charge in [0.25, 0.3) is 0 Å². The third kappa shape index (κ3) is 4.85. The van der Waals surface area contributed by atoms with Gasteiger partial charge >= 0.3 is 17.8 Å². The summed E-state index contributed by atoms with van der Waals surface area (Å²) >= 11 is 0. The molecule has 210 valence electrons. The zero-order chi connectivity index (χ0) is 28.9. The van der Waals surface area contributed by atoms with Crippen molar-refractivity contribution in [1.29, 1.82) is 0 Å². The molecule has 3 aromatic heterocycles. The molecule has 0 bridgehead atoms. The Labute approximate surface area is 222 Å². The number of nitrogens with two attached hydrogens (primary N) is 1. The molecule has 0 amide bonds. The number of hydrogen-bond acceptors (Lipinski definition) is 4. The summed E-state index contributed by atoms with van der Waals surface area (Å²) in [6.07, 6.45) is 1.25. The van der Waals surface area contributed by atoms with Gasteiger partial charge in [-0.2, -0.15) is 18.3 Å². The first kappa shape index (κ1) is 27.1. The van der Waals surface area contributed by atoms with E-state index in [1.54, 1.807) is 12.1 Å². The standard InChI is InChI=1S/C24H22F2N6O.C2HF3O2/c1-30-11-19(17-8-13(25)2-6-20(17)30)23-28-29-24(33)32(23)22-12-31(16-5-4-15(27)10-16)21-7-3-14(26)9-18(21)22;3-2(4,5)1(6)7/h2-3,6-9,11-12,15-16H,4-5,10,27H2,1H3,(H,29,33);(H,6,7)/t15-,16+;/m1./s1. The van der Waals surface area contributed by atoms with Crippen LogP contribution in [0.5, 0.6) is 0 Å². The number of carboxylic acids is 1. The molecule has 4 N–H and O–H groups in total. The highest BCUT2D eigenvalue weighted by molar-refractivity contribution is 5.96. The Morgan fingerprint density at radius 1 is 1.05 bits per heavy atom. The van der Waals surface area contributed by atoms with Gasteiger partial charge in [0.1, 0.15) is 11.6 Å². The number of aliphatic carboxylic acids is 1. The Kier molecular flexibility index (Phi) is 6.74. The van der Waals surface area contributed by atoms with Crippen molar-refractivity contribution in [3.63, 3.8) is 0 Å². The summed E-state index contributed by atoms with van der Waals surface area (Å²) in [4.78, 5) is 21.9. The van der Waals surface area contributed by atoms with Crippen LogP contribution >= 0.6 is 0 Å². The molecule has 2 atom stereocenters. The minimum atomic E-state index is -5.08. The van der Waals surface area contributed by atoms with Crippen molar-refractivity contribution in [3.8, 4) is 17.1 Å². The van der Waals surface area contributed by atoms with Crippen LogP contribution in [-0.2, 0) is 11.8 Å².